The lowest BCUT2D eigenvalue weighted by Crippen LogP contribution is -2.13. The number of rotatable bonds is 3. The van der Waals surface area contributed by atoms with E-state index in [4.69, 9.17) is 5.73 Å². The summed E-state index contributed by atoms with van der Waals surface area (Å²) in [5, 5.41) is 0. The van der Waals surface area contributed by atoms with Crippen LogP contribution in [0, 0.1) is 0 Å². The molecule has 0 bridgehead atoms. The Morgan fingerprint density at radius 2 is 2.29 bits per heavy atom. The van der Waals surface area contributed by atoms with Gasteiger partial charge in [0, 0.05) is 35.5 Å². The zero-order valence-electron chi connectivity index (χ0n) is 9.54. The van der Waals surface area contributed by atoms with E-state index < -0.39 is 0 Å². The highest BCUT2D eigenvalue weighted by atomic mass is 32.2. The van der Waals surface area contributed by atoms with Crippen molar-refractivity contribution in [1.82, 2.24) is 9.55 Å². The highest BCUT2D eigenvalue weighted by molar-refractivity contribution is 7.99. The van der Waals surface area contributed by atoms with E-state index in [0.717, 1.165) is 18.1 Å². The molecule has 3 rings (SSSR count). The zero-order chi connectivity index (χ0) is 11.7. The summed E-state index contributed by atoms with van der Waals surface area (Å²) >= 11 is 1.95. The Hall–Kier alpha value is -1.26. The first kappa shape index (κ1) is 10.9. The van der Waals surface area contributed by atoms with Crippen LogP contribution in [0.1, 0.15) is 17.3 Å². The third-order valence-corrected chi connectivity index (χ3v) is 4.45. The average Bonchev–Trinajstić information content (AvgIpc) is 2.97. The number of fused-ring (bicyclic) bond motifs is 1. The molecule has 2 aromatic rings. The van der Waals surface area contributed by atoms with E-state index >= 15 is 0 Å². The van der Waals surface area contributed by atoms with Crippen LogP contribution in [0.5, 0.6) is 0 Å². The molecule has 1 aromatic carbocycles. The van der Waals surface area contributed by atoms with Gasteiger partial charge in [0.1, 0.15) is 5.82 Å². The Kier molecular flexibility index (Phi) is 2.91. The van der Waals surface area contributed by atoms with Crippen LogP contribution >= 0.6 is 11.8 Å². The molecule has 1 aromatic heterocycles. The van der Waals surface area contributed by atoms with Crippen LogP contribution < -0.4 is 5.73 Å². The quantitative estimate of drug-likeness (QED) is 0.902. The molecule has 17 heavy (non-hydrogen) atoms. The maximum atomic E-state index is 5.68. The summed E-state index contributed by atoms with van der Waals surface area (Å²) < 4.78 is 2.17. The van der Waals surface area contributed by atoms with Gasteiger partial charge < -0.3 is 10.3 Å². The minimum Gasteiger partial charge on any atom is -0.333 e. The summed E-state index contributed by atoms with van der Waals surface area (Å²) in [6, 6.07) is 8.67. The largest absolute Gasteiger partial charge is 0.333 e. The molecule has 0 saturated heterocycles. The maximum absolute atomic E-state index is 5.68. The average molecular weight is 245 g/mol. The standard InChI is InChI=1S/C13H15N3S/c14-7-13-15-5-6-16(13)8-10-9-17-12-4-2-1-3-11(10)12/h1-6,10H,7-9,14H2. The van der Waals surface area contributed by atoms with Crippen LogP contribution in [0.2, 0.25) is 0 Å². The third kappa shape index (κ3) is 1.98. The van der Waals surface area contributed by atoms with Gasteiger partial charge in [0.15, 0.2) is 0 Å². The molecular formula is C13H15N3S. The monoisotopic (exact) mass is 245 g/mol. The fourth-order valence-corrected chi connectivity index (χ4v) is 3.56. The van der Waals surface area contributed by atoms with Gasteiger partial charge in [-0.1, -0.05) is 18.2 Å². The molecule has 0 radical (unpaired) electrons. The molecule has 1 atom stereocenters. The molecule has 88 valence electrons. The molecule has 0 fully saturated rings. The van der Waals surface area contributed by atoms with Crippen molar-refractivity contribution in [1.29, 1.82) is 0 Å². The van der Waals surface area contributed by atoms with Crippen LogP contribution in [-0.2, 0) is 13.1 Å². The molecule has 2 heterocycles. The van der Waals surface area contributed by atoms with E-state index in [1.165, 1.54) is 10.5 Å². The molecule has 0 amide bonds. The van der Waals surface area contributed by atoms with Crippen molar-refractivity contribution in [3.63, 3.8) is 0 Å². The van der Waals surface area contributed by atoms with Crippen molar-refractivity contribution < 1.29 is 0 Å². The number of imidazole rings is 1. The molecular weight excluding hydrogens is 230 g/mol. The SMILES string of the molecule is NCc1nccn1CC1CSc2ccccc21. The fourth-order valence-electron chi connectivity index (χ4n) is 2.31. The topological polar surface area (TPSA) is 43.8 Å². The van der Waals surface area contributed by atoms with E-state index in [-0.39, 0.29) is 0 Å². The van der Waals surface area contributed by atoms with Gasteiger partial charge in [-0.3, -0.25) is 0 Å². The summed E-state index contributed by atoms with van der Waals surface area (Å²) in [6.45, 7) is 1.49. The number of thioether (sulfide) groups is 1. The van der Waals surface area contributed by atoms with Crippen molar-refractivity contribution in [3.05, 3.63) is 48.0 Å². The van der Waals surface area contributed by atoms with Crippen LogP contribution in [0.3, 0.4) is 0 Å². The van der Waals surface area contributed by atoms with Crippen molar-refractivity contribution in [2.45, 2.75) is 23.9 Å². The Morgan fingerprint density at radius 3 is 3.18 bits per heavy atom. The lowest BCUT2D eigenvalue weighted by molar-refractivity contribution is 0.580. The lowest BCUT2D eigenvalue weighted by Gasteiger charge is -2.13. The molecule has 1 aliphatic heterocycles. The van der Waals surface area contributed by atoms with E-state index in [1.807, 2.05) is 24.2 Å². The van der Waals surface area contributed by atoms with Gasteiger partial charge in [-0.15, -0.1) is 11.8 Å². The van der Waals surface area contributed by atoms with E-state index in [9.17, 15) is 0 Å². The Morgan fingerprint density at radius 1 is 1.41 bits per heavy atom. The second-order valence-corrected chi connectivity index (χ2v) is 5.31. The fraction of sp³-hybridized carbons (Fsp3) is 0.308. The Labute approximate surface area is 105 Å². The molecule has 3 nitrogen and oxygen atoms in total. The molecule has 0 spiro atoms. The van der Waals surface area contributed by atoms with Crippen molar-refractivity contribution >= 4 is 11.8 Å². The van der Waals surface area contributed by atoms with Crippen LogP contribution in [0.4, 0.5) is 0 Å². The Bertz CT molecular complexity index is 521. The summed E-state index contributed by atoms with van der Waals surface area (Å²) in [6.07, 6.45) is 3.85. The molecule has 1 aliphatic rings. The van der Waals surface area contributed by atoms with Gasteiger partial charge in [0.2, 0.25) is 0 Å². The van der Waals surface area contributed by atoms with Crippen LogP contribution in [0.25, 0.3) is 0 Å². The number of hydrogen-bond acceptors (Lipinski definition) is 3. The molecule has 4 heteroatoms. The Balaban J connectivity index is 1.84. The molecule has 1 unspecified atom stereocenters. The van der Waals surface area contributed by atoms with Crippen molar-refractivity contribution in [3.8, 4) is 0 Å². The lowest BCUT2D eigenvalue weighted by atomic mass is 10.0. The van der Waals surface area contributed by atoms with Gasteiger partial charge >= 0.3 is 0 Å². The van der Waals surface area contributed by atoms with Crippen molar-refractivity contribution in [2.75, 3.05) is 5.75 Å². The van der Waals surface area contributed by atoms with E-state index in [1.54, 1.807) is 0 Å². The van der Waals surface area contributed by atoms with Gasteiger partial charge in [0.05, 0.1) is 6.54 Å². The maximum Gasteiger partial charge on any atom is 0.122 e. The first-order valence-electron chi connectivity index (χ1n) is 5.80. The first-order chi connectivity index (χ1) is 8.38. The minimum atomic E-state index is 0.508. The highest BCUT2D eigenvalue weighted by Gasteiger charge is 2.23. The molecule has 2 N–H and O–H groups in total. The van der Waals surface area contributed by atoms with Gasteiger partial charge in [-0.05, 0) is 11.6 Å². The zero-order valence-corrected chi connectivity index (χ0v) is 10.4. The van der Waals surface area contributed by atoms with Crippen LogP contribution in [-0.4, -0.2) is 15.3 Å². The molecule has 0 saturated carbocycles. The minimum absolute atomic E-state index is 0.508. The second-order valence-electron chi connectivity index (χ2n) is 4.25. The van der Waals surface area contributed by atoms with E-state index in [2.05, 4.69) is 33.8 Å². The van der Waals surface area contributed by atoms with Crippen LogP contribution in [0.15, 0.2) is 41.6 Å². The van der Waals surface area contributed by atoms with Gasteiger partial charge in [-0.2, -0.15) is 0 Å². The summed E-state index contributed by atoms with van der Waals surface area (Å²) in [5.41, 5.74) is 7.14. The van der Waals surface area contributed by atoms with E-state index in [0.29, 0.717) is 12.5 Å². The number of hydrogen-bond donors (Lipinski definition) is 1. The van der Waals surface area contributed by atoms with Crippen molar-refractivity contribution in [2.24, 2.45) is 5.73 Å². The highest BCUT2D eigenvalue weighted by Crippen LogP contribution is 2.40. The number of nitrogens with zero attached hydrogens (tertiary/aromatic N) is 2. The summed E-state index contributed by atoms with van der Waals surface area (Å²) in [5.74, 6) is 2.71. The normalized spacial score (nSPS) is 18.3. The number of aromatic nitrogens is 2. The van der Waals surface area contributed by atoms with Gasteiger partial charge in [-0.25, -0.2) is 4.98 Å². The first-order valence-corrected chi connectivity index (χ1v) is 6.79. The number of nitrogens with two attached hydrogens (primary N) is 1. The summed E-state index contributed by atoms with van der Waals surface area (Å²) in [4.78, 5) is 5.69. The summed E-state index contributed by atoms with van der Waals surface area (Å²) in [7, 11) is 0. The predicted octanol–water partition coefficient (Wildman–Crippen LogP) is 2.23. The number of benzene rings is 1. The molecule has 0 aliphatic carbocycles. The second kappa shape index (κ2) is 4.55. The predicted molar refractivity (Wildman–Crippen MR) is 70.0 cm³/mol. The van der Waals surface area contributed by atoms with Gasteiger partial charge in [0.25, 0.3) is 0 Å². The smallest absolute Gasteiger partial charge is 0.122 e. The third-order valence-electron chi connectivity index (χ3n) is 3.20.